The lowest BCUT2D eigenvalue weighted by atomic mass is 10.3. The van der Waals surface area contributed by atoms with Gasteiger partial charge in [0.25, 0.3) is 5.56 Å². The van der Waals surface area contributed by atoms with Gasteiger partial charge in [0.2, 0.25) is 0 Å². The first-order valence-corrected chi connectivity index (χ1v) is 6.43. The van der Waals surface area contributed by atoms with Crippen molar-refractivity contribution in [2.75, 3.05) is 5.73 Å². The predicted octanol–water partition coefficient (Wildman–Crippen LogP) is 2.25. The molecule has 7 heteroatoms. The van der Waals surface area contributed by atoms with Crippen LogP contribution in [0.25, 0.3) is 0 Å². The number of nitrogens with zero attached hydrogens (tertiary/aromatic N) is 1. The van der Waals surface area contributed by atoms with Gasteiger partial charge in [-0.2, -0.15) is 0 Å². The predicted molar refractivity (Wildman–Crippen MR) is 72.5 cm³/mol. The van der Waals surface area contributed by atoms with Gasteiger partial charge in [0.05, 0.1) is 3.57 Å². The van der Waals surface area contributed by atoms with E-state index in [1.165, 1.54) is 18.3 Å². The Morgan fingerprint density at radius 3 is 2.94 bits per heavy atom. The van der Waals surface area contributed by atoms with Crippen molar-refractivity contribution in [1.29, 1.82) is 0 Å². The summed E-state index contributed by atoms with van der Waals surface area (Å²) in [5, 5.41) is 0.379. The van der Waals surface area contributed by atoms with Crippen LogP contribution in [0.1, 0.15) is 0 Å². The number of nitrogens with one attached hydrogen (secondary N) is 1. The van der Waals surface area contributed by atoms with Gasteiger partial charge in [-0.1, -0.05) is 0 Å². The average molecular weight is 363 g/mol. The molecule has 0 amide bonds. The van der Waals surface area contributed by atoms with Crippen LogP contribution in [-0.2, 0) is 0 Å². The van der Waals surface area contributed by atoms with Gasteiger partial charge >= 0.3 is 0 Å². The number of halogens is 2. The highest BCUT2D eigenvalue weighted by atomic mass is 127. The first kappa shape index (κ1) is 12.4. The number of hydrogen-bond acceptors (Lipinski definition) is 4. The first-order valence-electron chi connectivity index (χ1n) is 4.54. The summed E-state index contributed by atoms with van der Waals surface area (Å²) in [5.41, 5.74) is 5.96. The lowest BCUT2D eigenvalue weighted by Crippen LogP contribution is -2.05. The zero-order chi connectivity index (χ0) is 12.4. The molecular formula is C10H7FIN3OS. The van der Waals surface area contributed by atoms with E-state index in [-0.39, 0.29) is 11.4 Å². The number of aromatic amines is 1. The number of benzene rings is 1. The van der Waals surface area contributed by atoms with Gasteiger partial charge in [-0.3, -0.25) is 4.79 Å². The molecule has 0 aliphatic carbocycles. The zero-order valence-corrected chi connectivity index (χ0v) is 11.4. The molecule has 1 aromatic heterocycles. The summed E-state index contributed by atoms with van der Waals surface area (Å²) < 4.78 is 13.8. The van der Waals surface area contributed by atoms with Crippen molar-refractivity contribution in [1.82, 2.24) is 9.97 Å². The number of hydrogen-bond donors (Lipinski definition) is 2. The lowest BCUT2D eigenvalue weighted by Gasteiger charge is -2.05. The van der Waals surface area contributed by atoms with Crippen LogP contribution in [-0.4, -0.2) is 9.97 Å². The molecule has 1 heterocycles. The SMILES string of the molecule is Nc1cc(I)c(F)cc1Sc1nccc(=O)[nH]1. The zero-order valence-electron chi connectivity index (χ0n) is 8.41. The molecule has 0 radical (unpaired) electrons. The van der Waals surface area contributed by atoms with E-state index < -0.39 is 0 Å². The first-order chi connectivity index (χ1) is 8.06. The number of rotatable bonds is 2. The van der Waals surface area contributed by atoms with Gasteiger partial charge in [0.15, 0.2) is 5.16 Å². The summed E-state index contributed by atoms with van der Waals surface area (Å²) >= 11 is 2.98. The Hall–Kier alpha value is -1.09. The van der Waals surface area contributed by atoms with Crippen molar-refractivity contribution in [3.05, 3.63) is 44.1 Å². The van der Waals surface area contributed by atoms with E-state index in [4.69, 9.17) is 5.73 Å². The minimum absolute atomic E-state index is 0.257. The molecule has 0 aliphatic rings. The third kappa shape index (κ3) is 2.97. The Balaban J connectivity index is 2.36. The number of aromatic nitrogens is 2. The molecule has 88 valence electrons. The van der Waals surface area contributed by atoms with Gasteiger partial charge in [0, 0.05) is 22.8 Å². The Bertz CT molecular complexity index is 617. The topological polar surface area (TPSA) is 71.8 Å². The molecule has 4 nitrogen and oxygen atoms in total. The van der Waals surface area contributed by atoms with Crippen molar-refractivity contribution in [2.24, 2.45) is 0 Å². The monoisotopic (exact) mass is 363 g/mol. The third-order valence-electron chi connectivity index (χ3n) is 1.91. The van der Waals surface area contributed by atoms with E-state index >= 15 is 0 Å². The van der Waals surface area contributed by atoms with Crippen LogP contribution >= 0.6 is 34.4 Å². The van der Waals surface area contributed by atoms with Crippen molar-refractivity contribution in [2.45, 2.75) is 10.1 Å². The molecule has 0 spiro atoms. The molecule has 2 rings (SSSR count). The molecule has 0 unspecified atom stereocenters. The maximum Gasteiger partial charge on any atom is 0.251 e. The highest BCUT2D eigenvalue weighted by Gasteiger charge is 2.08. The van der Waals surface area contributed by atoms with Crippen molar-refractivity contribution >= 4 is 40.0 Å². The van der Waals surface area contributed by atoms with Crippen LogP contribution in [0.15, 0.2) is 39.2 Å². The van der Waals surface area contributed by atoms with Crippen LogP contribution < -0.4 is 11.3 Å². The van der Waals surface area contributed by atoms with Crippen LogP contribution in [0.4, 0.5) is 10.1 Å². The summed E-state index contributed by atoms with van der Waals surface area (Å²) in [4.78, 5) is 18.1. The molecule has 0 aliphatic heterocycles. The Kier molecular flexibility index (Phi) is 3.67. The number of nitrogens with two attached hydrogens (primary N) is 1. The minimum Gasteiger partial charge on any atom is -0.398 e. The molecule has 3 N–H and O–H groups in total. The van der Waals surface area contributed by atoms with Crippen LogP contribution in [0.5, 0.6) is 0 Å². The molecule has 2 aromatic rings. The van der Waals surface area contributed by atoms with E-state index in [0.29, 0.717) is 19.3 Å². The maximum absolute atomic E-state index is 13.4. The second-order valence-electron chi connectivity index (χ2n) is 3.15. The van der Waals surface area contributed by atoms with Crippen molar-refractivity contribution in [3.63, 3.8) is 0 Å². The lowest BCUT2D eigenvalue weighted by molar-refractivity contribution is 0.617. The third-order valence-corrected chi connectivity index (χ3v) is 3.71. The normalized spacial score (nSPS) is 10.5. The minimum atomic E-state index is -0.347. The van der Waals surface area contributed by atoms with E-state index in [1.54, 1.807) is 6.07 Å². The van der Waals surface area contributed by atoms with Crippen molar-refractivity contribution in [3.8, 4) is 0 Å². The summed E-state index contributed by atoms with van der Waals surface area (Å²) in [6, 6.07) is 4.18. The fourth-order valence-corrected chi connectivity index (χ4v) is 2.44. The molecule has 1 aromatic carbocycles. The average Bonchev–Trinajstić information content (AvgIpc) is 2.26. The summed E-state index contributed by atoms with van der Waals surface area (Å²) in [7, 11) is 0. The quantitative estimate of drug-likeness (QED) is 0.488. The molecule has 0 saturated carbocycles. The standard InChI is InChI=1S/C10H7FIN3OS/c11-5-3-8(7(13)4-6(5)12)17-10-14-2-1-9(16)15-10/h1-4H,13H2,(H,14,15,16). The van der Waals surface area contributed by atoms with E-state index in [2.05, 4.69) is 9.97 Å². The number of H-pyrrole nitrogens is 1. The molecule has 0 atom stereocenters. The van der Waals surface area contributed by atoms with Crippen LogP contribution in [0.3, 0.4) is 0 Å². The second kappa shape index (κ2) is 5.05. The molecule has 17 heavy (non-hydrogen) atoms. The van der Waals surface area contributed by atoms with Gasteiger partial charge < -0.3 is 10.7 Å². The van der Waals surface area contributed by atoms with Gasteiger partial charge in [-0.05, 0) is 46.5 Å². The maximum atomic E-state index is 13.4. The number of nitrogen functional groups attached to an aromatic ring is 1. The highest BCUT2D eigenvalue weighted by molar-refractivity contribution is 14.1. The van der Waals surface area contributed by atoms with Crippen molar-refractivity contribution < 1.29 is 4.39 Å². The highest BCUT2D eigenvalue weighted by Crippen LogP contribution is 2.31. The molecule has 0 fully saturated rings. The molecular weight excluding hydrogens is 356 g/mol. The number of anilines is 1. The Morgan fingerprint density at radius 1 is 1.47 bits per heavy atom. The molecule has 0 bridgehead atoms. The smallest absolute Gasteiger partial charge is 0.251 e. The fourth-order valence-electron chi connectivity index (χ4n) is 1.14. The largest absolute Gasteiger partial charge is 0.398 e. The second-order valence-corrected chi connectivity index (χ2v) is 5.34. The van der Waals surface area contributed by atoms with Gasteiger partial charge in [-0.25, -0.2) is 9.37 Å². The van der Waals surface area contributed by atoms with E-state index in [9.17, 15) is 9.18 Å². The van der Waals surface area contributed by atoms with E-state index in [1.807, 2.05) is 22.6 Å². The Labute approximate surface area is 114 Å². The van der Waals surface area contributed by atoms with E-state index in [0.717, 1.165) is 11.8 Å². The van der Waals surface area contributed by atoms with Crippen LogP contribution in [0.2, 0.25) is 0 Å². The summed E-state index contributed by atoms with van der Waals surface area (Å²) in [5.74, 6) is -0.347. The van der Waals surface area contributed by atoms with Gasteiger partial charge in [0.1, 0.15) is 5.82 Å². The molecule has 0 saturated heterocycles. The summed E-state index contributed by atoms with van der Waals surface area (Å²) in [6.45, 7) is 0. The van der Waals surface area contributed by atoms with Gasteiger partial charge in [-0.15, -0.1) is 0 Å². The summed E-state index contributed by atoms with van der Waals surface area (Å²) in [6.07, 6.45) is 1.39. The Morgan fingerprint density at radius 2 is 2.24 bits per heavy atom. The van der Waals surface area contributed by atoms with Crippen LogP contribution in [0, 0.1) is 9.39 Å². The fraction of sp³-hybridized carbons (Fsp3) is 0.